The number of nitrogens with one attached hydrogen (secondary N) is 2. The lowest BCUT2D eigenvalue weighted by Crippen LogP contribution is -2.55. The Labute approximate surface area is 260 Å². The summed E-state index contributed by atoms with van der Waals surface area (Å²) >= 11 is 6.14. The van der Waals surface area contributed by atoms with Gasteiger partial charge in [0, 0.05) is 29.2 Å². The molecule has 5 amide bonds. The number of Topliss-reactive ketones (excluding diaryl/α,β-unsaturated/α-hetero) is 1. The predicted molar refractivity (Wildman–Crippen MR) is 158 cm³/mol. The molecule has 14 heteroatoms. The Kier molecular flexibility index (Phi) is 9.33. The lowest BCUT2D eigenvalue weighted by molar-refractivity contribution is -0.142. The first kappa shape index (κ1) is 31.6. The fourth-order valence-corrected chi connectivity index (χ4v) is 6.56. The minimum atomic E-state index is -1.27. The number of amides is 5. The van der Waals surface area contributed by atoms with Crippen LogP contribution >= 0.6 is 11.6 Å². The maximum Gasteiger partial charge on any atom is 0.415 e. The normalized spacial score (nSPS) is 23.9. The second-order valence-corrected chi connectivity index (χ2v) is 12.6. The van der Waals surface area contributed by atoms with Gasteiger partial charge in [-0.1, -0.05) is 43.9 Å². The maximum absolute atomic E-state index is 13.8. The molecular weight excluding hydrogens is 594 g/mol. The summed E-state index contributed by atoms with van der Waals surface area (Å²) in [5.74, 6) is -2.83. The van der Waals surface area contributed by atoms with Gasteiger partial charge in [-0.3, -0.25) is 29.0 Å². The van der Waals surface area contributed by atoms with E-state index in [9.17, 15) is 33.9 Å². The average molecular weight is 632 g/mol. The van der Waals surface area contributed by atoms with Crippen molar-refractivity contribution in [3.8, 4) is 0 Å². The molecule has 13 nitrogen and oxygen atoms in total. The van der Waals surface area contributed by atoms with Crippen molar-refractivity contribution >= 4 is 53.0 Å². The van der Waals surface area contributed by atoms with Crippen LogP contribution in [0.1, 0.15) is 64.7 Å². The molecule has 4 fully saturated rings. The van der Waals surface area contributed by atoms with E-state index in [0.29, 0.717) is 30.0 Å². The van der Waals surface area contributed by atoms with Crippen LogP contribution in [0, 0.1) is 0 Å². The summed E-state index contributed by atoms with van der Waals surface area (Å²) in [6.45, 7) is 1.22. The van der Waals surface area contributed by atoms with Crippen molar-refractivity contribution in [1.82, 2.24) is 20.4 Å². The van der Waals surface area contributed by atoms with E-state index in [1.54, 1.807) is 24.3 Å². The molecule has 44 heavy (non-hydrogen) atoms. The summed E-state index contributed by atoms with van der Waals surface area (Å²) in [7, 11) is 0. The van der Waals surface area contributed by atoms with Gasteiger partial charge in [-0.25, -0.2) is 9.59 Å². The van der Waals surface area contributed by atoms with Gasteiger partial charge in [0.25, 0.3) is 5.91 Å². The highest BCUT2D eigenvalue weighted by molar-refractivity contribution is 6.38. The first-order valence-electron chi connectivity index (χ1n) is 15.2. The molecule has 3 atom stereocenters. The molecule has 238 valence electrons. The number of anilines is 1. The molecular formula is C30H38ClN5O8. The van der Waals surface area contributed by atoms with E-state index in [4.69, 9.17) is 16.3 Å². The highest BCUT2D eigenvalue weighted by Gasteiger charge is 2.57. The number of hydrogen-bond donors (Lipinski definition) is 3. The van der Waals surface area contributed by atoms with Gasteiger partial charge in [-0.2, -0.15) is 0 Å². The van der Waals surface area contributed by atoms with Gasteiger partial charge in [-0.15, -0.1) is 0 Å². The Morgan fingerprint density at radius 1 is 1.14 bits per heavy atom. The summed E-state index contributed by atoms with van der Waals surface area (Å²) < 4.78 is 5.83. The molecule has 4 aliphatic rings. The van der Waals surface area contributed by atoms with Gasteiger partial charge in [-0.05, 0) is 50.3 Å². The SMILES string of the molecule is CCC[C@H](NC(=O)[C@@H]1C[C@@]2(CN(c3cccc(Cl)c3)C(=O)O2)CN1C(=O)CN(C(=O)O)C1CCCC1)C(=O)C(=O)NC1CC1. The number of carboxylic acid groups (broad SMARTS) is 1. The number of carbonyl (C=O) groups excluding carboxylic acids is 5. The third-order valence-corrected chi connectivity index (χ3v) is 9.01. The van der Waals surface area contributed by atoms with Crippen molar-refractivity contribution in [1.29, 1.82) is 0 Å². The number of carbonyl (C=O) groups is 6. The van der Waals surface area contributed by atoms with Crippen LogP contribution in [0.5, 0.6) is 0 Å². The smallest absolute Gasteiger partial charge is 0.415 e. The molecule has 2 heterocycles. The average Bonchev–Trinajstić information content (AvgIpc) is 3.35. The van der Waals surface area contributed by atoms with Gasteiger partial charge >= 0.3 is 12.2 Å². The molecule has 1 spiro atoms. The molecule has 0 aromatic heterocycles. The summed E-state index contributed by atoms with van der Waals surface area (Å²) in [4.78, 5) is 82.0. The zero-order chi connectivity index (χ0) is 31.6. The Morgan fingerprint density at radius 2 is 1.86 bits per heavy atom. The van der Waals surface area contributed by atoms with Crippen LogP contribution in [0.25, 0.3) is 0 Å². The van der Waals surface area contributed by atoms with E-state index in [1.807, 2.05) is 6.92 Å². The van der Waals surface area contributed by atoms with Crippen molar-refractivity contribution in [2.24, 2.45) is 0 Å². The Bertz CT molecular complexity index is 1330. The first-order chi connectivity index (χ1) is 21.0. The summed E-state index contributed by atoms with van der Waals surface area (Å²) in [6, 6.07) is 4.01. The molecule has 1 aromatic rings. The van der Waals surface area contributed by atoms with E-state index < -0.39 is 59.9 Å². The number of ether oxygens (including phenoxy) is 1. The fraction of sp³-hybridized carbons (Fsp3) is 0.600. The lowest BCUT2D eigenvalue weighted by atomic mass is 9.99. The number of hydrogen-bond acceptors (Lipinski definition) is 7. The second-order valence-electron chi connectivity index (χ2n) is 12.2. The van der Waals surface area contributed by atoms with Gasteiger partial charge in [0.15, 0.2) is 5.60 Å². The zero-order valence-corrected chi connectivity index (χ0v) is 25.4. The number of halogens is 1. The molecule has 0 radical (unpaired) electrons. The van der Waals surface area contributed by atoms with Gasteiger partial charge in [0.05, 0.1) is 19.1 Å². The number of benzene rings is 1. The fourth-order valence-electron chi connectivity index (χ4n) is 6.37. The number of rotatable bonds is 11. The van der Waals surface area contributed by atoms with Gasteiger partial charge < -0.3 is 25.4 Å². The number of nitrogens with zero attached hydrogens (tertiary/aromatic N) is 3. The highest BCUT2D eigenvalue weighted by atomic mass is 35.5. The van der Waals surface area contributed by atoms with Gasteiger partial charge in [0.1, 0.15) is 12.6 Å². The van der Waals surface area contributed by atoms with E-state index in [0.717, 1.165) is 30.6 Å². The van der Waals surface area contributed by atoms with Crippen molar-refractivity contribution in [2.75, 3.05) is 24.5 Å². The van der Waals surface area contributed by atoms with E-state index in [-0.39, 0.29) is 38.0 Å². The van der Waals surface area contributed by atoms with Crippen LogP contribution in [0.3, 0.4) is 0 Å². The van der Waals surface area contributed by atoms with Crippen LogP contribution in [0.15, 0.2) is 24.3 Å². The lowest BCUT2D eigenvalue weighted by Gasteiger charge is -2.30. The van der Waals surface area contributed by atoms with Crippen LogP contribution in [0.2, 0.25) is 5.02 Å². The third kappa shape index (κ3) is 6.92. The molecule has 0 unspecified atom stereocenters. The summed E-state index contributed by atoms with van der Waals surface area (Å²) in [6.07, 6.45) is 3.33. The quantitative estimate of drug-likeness (QED) is 0.314. The monoisotopic (exact) mass is 631 g/mol. The van der Waals surface area contributed by atoms with Crippen LogP contribution in [-0.2, 0) is 23.9 Å². The predicted octanol–water partition coefficient (Wildman–Crippen LogP) is 2.69. The minimum Gasteiger partial charge on any atom is -0.465 e. The molecule has 2 aliphatic carbocycles. The topological polar surface area (TPSA) is 166 Å². The molecule has 2 aliphatic heterocycles. The minimum absolute atomic E-state index is 0.0200. The summed E-state index contributed by atoms with van der Waals surface area (Å²) in [5, 5.41) is 15.6. The van der Waals surface area contributed by atoms with Crippen molar-refractivity contribution < 1.29 is 38.6 Å². The van der Waals surface area contributed by atoms with E-state index in [1.165, 1.54) is 9.80 Å². The van der Waals surface area contributed by atoms with Crippen LogP contribution in [-0.4, -0.2) is 100 Å². The maximum atomic E-state index is 13.8. The molecule has 5 rings (SSSR count). The standard InChI is InChI=1S/C30H38ClN5O8/c1-2-6-22(25(38)27(40)32-19-11-12-19)33-26(39)23-14-30(16-35(29(43)44-30)21-10-5-7-18(31)13-21)17-36(23)24(37)15-34(28(41)42)20-8-3-4-9-20/h5,7,10,13,19-20,22-23H,2-4,6,8-9,11-12,14-17H2,1H3,(H,32,40)(H,33,39)(H,41,42)/t22-,23-,30+/m0/s1. The Balaban J connectivity index is 1.38. The van der Waals surface area contributed by atoms with E-state index >= 15 is 0 Å². The molecule has 2 saturated carbocycles. The largest absolute Gasteiger partial charge is 0.465 e. The van der Waals surface area contributed by atoms with Crippen LogP contribution < -0.4 is 15.5 Å². The second kappa shape index (κ2) is 13.0. The summed E-state index contributed by atoms with van der Waals surface area (Å²) in [5.41, 5.74) is -0.787. The zero-order valence-electron chi connectivity index (χ0n) is 24.6. The number of ketones is 1. The van der Waals surface area contributed by atoms with Crippen molar-refractivity contribution in [3.63, 3.8) is 0 Å². The Hall–Kier alpha value is -3.87. The molecule has 1 aromatic carbocycles. The highest BCUT2D eigenvalue weighted by Crippen LogP contribution is 2.39. The molecule has 2 saturated heterocycles. The number of likely N-dealkylation sites (tertiary alicyclic amines) is 1. The van der Waals surface area contributed by atoms with E-state index in [2.05, 4.69) is 10.6 Å². The van der Waals surface area contributed by atoms with Crippen molar-refractivity contribution in [3.05, 3.63) is 29.3 Å². The molecule has 0 bridgehead atoms. The third-order valence-electron chi connectivity index (χ3n) is 8.78. The Morgan fingerprint density at radius 3 is 2.50 bits per heavy atom. The first-order valence-corrected chi connectivity index (χ1v) is 15.6. The molecule has 3 N–H and O–H groups in total. The van der Waals surface area contributed by atoms with Crippen molar-refractivity contribution in [2.45, 2.75) is 94.5 Å². The van der Waals surface area contributed by atoms with Gasteiger partial charge in [0.2, 0.25) is 17.6 Å². The van der Waals surface area contributed by atoms with Crippen LogP contribution in [0.4, 0.5) is 15.3 Å².